The first-order valence-corrected chi connectivity index (χ1v) is 12.9. The van der Waals surface area contributed by atoms with E-state index in [-0.39, 0.29) is 29.0 Å². The number of amides is 2. The van der Waals surface area contributed by atoms with Crippen molar-refractivity contribution in [1.29, 1.82) is 0 Å². The average Bonchev–Trinajstić information content (AvgIpc) is 3.38. The summed E-state index contributed by atoms with van der Waals surface area (Å²) in [5.74, 6) is 0.00228. The van der Waals surface area contributed by atoms with E-state index in [9.17, 15) is 9.59 Å². The molecule has 41 heavy (non-hydrogen) atoms. The normalized spacial score (nSPS) is 11.2. The first kappa shape index (κ1) is 27.1. The molecule has 0 aliphatic carbocycles. The molecule has 3 aromatic carbocycles. The molecule has 0 unspecified atom stereocenters. The standard InChI is InChI=1S/C31H30N8O2/c1-5-25(40)34-23-7-6-8-24(17-23)39-18-33-26-27(32)37-30(38-28(26)39)36-22-15-13-21(14-16-22)35-29(41)19-9-11-20(12-10-19)31(2,3)4/h5-18H,1H2,2-4H3,(H,34,40)(H,35,41)(H3,32,36,37,38). The lowest BCUT2D eigenvalue weighted by Crippen LogP contribution is -2.14. The van der Waals surface area contributed by atoms with Crippen molar-refractivity contribution in [2.24, 2.45) is 0 Å². The molecule has 10 heteroatoms. The quantitative estimate of drug-likeness (QED) is 0.189. The van der Waals surface area contributed by atoms with Gasteiger partial charge in [0.1, 0.15) is 6.33 Å². The maximum Gasteiger partial charge on any atom is 0.255 e. The van der Waals surface area contributed by atoms with Crippen LogP contribution in [0.25, 0.3) is 16.9 Å². The van der Waals surface area contributed by atoms with Gasteiger partial charge >= 0.3 is 0 Å². The van der Waals surface area contributed by atoms with Gasteiger partial charge in [0.05, 0.1) is 5.69 Å². The fourth-order valence-corrected chi connectivity index (χ4v) is 4.18. The summed E-state index contributed by atoms with van der Waals surface area (Å²) in [6.07, 6.45) is 2.80. The number of anilines is 5. The van der Waals surface area contributed by atoms with Gasteiger partial charge in [-0.3, -0.25) is 14.2 Å². The highest BCUT2D eigenvalue weighted by molar-refractivity contribution is 6.04. The first-order chi connectivity index (χ1) is 19.6. The molecule has 0 radical (unpaired) electrons. The molecule has 0 spiro atoms. The van der Waals surface area contributed by atoms with Crippen LogP contribution in [0.3, 0.4) is 0 Å². The Balaban J connectivity index is 1.32. The largest absolute Gasteiger partial charge is 0.382 e. The van der Waals surface area contributed by atoms with Crippen molar-refractivity contribution in [3.05, 3.63) is 103 Å². The fraction of sp³-hybridized carbons (Fsp3) is 0.129. The number of nitrogens with zero attached hydrogens (tertiary/aromatic N) is 4. The lowest BCUT2D eigenvalue weighted by molar-refractivity contribution is -0.111. The zero-order valence-corrected chi connectivity index (χ0v) is 23.0. The second-order valence-electron chi connectivity index (χ2n) is 10.4. The molecule has 2 aromatic heterocycles. The number of hydrogen-bond acceptors (Lipinski definition) is 7. The van der Waals surface area contributed by atoms with Crippen LogP contribution in [-0.2, 0) is 10.2 Å². The van der Waals surface area contributed by atoms with E-state index in [0.29, 0.717) is 33.8 Å². The average molecular weight is 547 g/mol. The minimum atomic E-state index is -0.309. The molecule has 5 N–H and O–H groups in total. The summed E-state index contributed by atoms with van der Waals surface area (Å²) in [6, 6.07) is 22.1. The van der Waals surface area contributed by atoms with Crippen molar-refractivity contribution >= 4 is 51.8 Å². The Morgan fingerprint density at radius 1 is 0.902 bits per heavy atom. The zero-order valence-electron chi connectivity index (χ0n) is 23.0. The van der Waals surface area contributed by atoms with Gasteiger partial charge in [-0.2, -0.15) is 9.97 Å². The SMILES string of the molecule is C=CC(=O)Nc1cccc(-n2cnc3c(N)nc(Nc4ccc(NC(=O)c5ccc(C(C)(C)C)cc5)cc4)nc32)c1. The summed E-state index contributed by atoms with van der Waals surface area (Å²) < 4.78 is 1.76. The monoisotopic (exact) mass is 546 g/mol. The van der Waals surface area contributed by atoms with Crippen LogP contribution < -0.4 is 21.7 Å². The lowest BCUT2D eigenvalue weighted by Gasteiger charge is -2.19. The second-order valence-corrected chi connectivity index (χ2v) is 10.4. The maximum atomic E-state index is 12.7. The number of nitrogens with two attached hydrogens (primary N) is 1. The summed E-state index contributed by atoms with van der Waals surface area (Å²) in [7, 11) is 0. The van der Waals surface area contributed by atoms with Crippen molar-refractivity contribution in [2.45, 2.75) is 26.2 Å². The Bertz CT molecular complexity index is 1750. The predicted molar refractivity (Wildman–Crippen MR) is 163 cm³/mol. The van der Waals surface area contributed by atoms with Gasteiger partial charge in [0, 0.05) is 22.6 Å². The molecule has 0 saturated heterocycles. The van der Waals surface area contributed by atoms with Crippen molar-refractivity contribution < 1.29 is 9.59 Å². The minimum Gasteiger partial charge on any atom is -0.382 e. The molecule has 0 saturated carbocycles. The van der Waals surface area contributed by atoms with Crippen LogP contribution in [0.2, 0.25) is 0 Å². The highest BCUT2D eigenvalue weighted by Crippen LogP contribution is 2.26. The number of fused-ring (bicyclic) bond motifs is 1. The van der Waals surface area contributed by atoms with Crippen LogP contribution >= 0.6 is 0 Å². The van der Waals surface area contributed by atoms with Gasteiger partial charge in [-0.25, -0.2) is 4.98 Å². The number of rotatable bonds is 7. The highest BCUT2D eigenvalue weighted by Gasteiger charge is 2.15. The molecule has 206 valence electrons. The molecule has 0 fully saturated rings. The van der Waals surface area contributed by atoms with E-state index >= 15 is 0 Å². The minimum absolute atomic E-state index is 0.0197. The number of benzene rings is 3. The van der Waals surface area contributed by atoms with E-state index in [4.69, 9.17) is 5.73 Å². The Kier molecular flexibility index (Phi) is 7.22. The first-order valence-electron chi connectivity index (χ1n) is 12.9. The van der Waals surface area contributed by atoms with Crippen LogP contribution in [-0.4, -0.2) is 31.3 Å². The van der Waals surface area contributed by atoms with E-state index < -0.39 is 0 Å². The highest BCUT2D eigenvalue weighted by atomic mass is 16.2. The van der Waals surface area contributed by atoms with Crippen molar-refractivity contribution in [3.8, 4) is 5.69 Å². The van der Waals surface area contributed by atoms with E-state index in [1.54, 1.807) is 35.2 Å². The summed E-state index contributed by atoms with van der Waals surface area (Å²) in [4.78, 5) is 37.8. The molecule has 0 aliphatic heterocycles. The van der Waals surface area contributed by atoms with Crippen LogP contribution in [0.15, 0.2) is 91.8 Å². The summed E-state index contributed by atoms with van der Waals surface area (Å²) in [5.41, 5.74) is 11.6. The van der Waals surface area contributed by atoms with Crippen molar-refractivity contribution in [2.75, 3.05) is 21.7 Å². The van der Waals surface area contributed by atoms with Gasteiger partial charge in [0.15, 0.2) is 17.0 Å². The second kappa shape index (κ2) is 10.9. The number of nitrogens with one attached hydrogen (secondary N) is 3. The zero-order chi connectivity index (χ0) is 29.1. The van der Waals surface area contributed by atoms with Crippen LogP contribution in [0.5, 0.6) is 0 Å². The molecular formula is C31H30N8O2. The van der Waals surface area contributed by atoms with E-state index in [1.165, 1.54) is 11.6 Å². The number of hydrogen-bond donors (Lipinski definition) is 4. The molecule has 0 aliphatic rings. The number of aromatic nitrogens is 4. The number of carbonyl (C=O) groups is 2. The van der Waals surface area contributed by atoms with E-state index in [0.717, 1.165) is 5.69 Å². The Labute approximate surface area is 237 Å². The van der Waals surface area contributed by atoms with Gasteiger partial charge in [0.2, 0.25) is 11.9 Å². The summed E-state index contributed by atoms with van der Waals surface area (Å²) in [6.45, 7) is 9.88. The molecule has 10 nitrogen and oxygen atoms in total. The molecule has 5 aromatic rings. The van der Waals surface area contributed by atoms with Gasteiger partial charge in [-0.15, -0.1) is 0 Å². The number of imidazole rings is 1. The fourth-order valence-electron chi connectivity index (χ4n) is 4.18. The van der Waals surface area contributed by atoms with Gasteiger partial charge in [0.25, 0.3) is 5.91 Å². The van der Waals surface area contributed by atoms with Crippen LogP contribution in [0.4, 0.5) is 28.8 Å². The van der Waals surface area contributed by atoms with Gasteiger partial charge < -0.3 is 21.7 Å². The lowest BCUT2D eigenvalue weighted by atomic mass is 9.87. The summed E-state index contributed by atoms with van der Waals surface area (Å²) >= 11 is 0. The van der Waals surface area contributed by atoms with Crippen LogP contribution in [0, 0.1) is 0 Å². The van der Waals surface area contributed by atoms with Crippen LogP contribution in [0.1, 0.15) is 36.7 Å². The topological polar surface area (TPSA) is 140 Å². The number of nitrogen functional groups attached to an aromatic ring is 1. The van der Waals surface area contributed by atoms with E-state index in [1.807, 2.05) is 48.5 Å². The maximum absolute atomic E-state index is 12.7. The molecule has 0 atom stereocenters. The molecular weight excluding hydrogens is 516 g/mol. The predicted octanol–water partition coefficient (Wildman–Crippen LogP) is 5.82. The Morgan fingerprint density at radius 2 is 1.61 bits per heavy atom. The van der Waals surface area contributed by atoms with Crippen molar-refractivity contribution in [1.82, 2.24) is 19.5 Å². The third kappa shape index (κ3) is 6.06. The molecule has 2 heterocycles. The third-order valence-corrected chi connectivity index (χ3v) is 6.41. The van der Waals surface area contributed by atoms with Crippen molar-refractivity contribution in [3.63, 3.8) is 0 Å². The Morgan fingerprint density at radius 3 is 2.29 bits per heavy atom. The molecule has 2 amide bonds. The smallest absolute Gasteiger partial charge is 0.255 e. The number of carbonyl (C=O) groups excluding carboxylic acids is 2. The molecule has 5 rings (SSSR count). The Hall–Kier alpha value is -5.51. The van der Waals surface area contributed by atoms with Gasteiger partial charge in [-0.05, 0) is 71.7 Å². The third-order valence-electron chi connectivity index (χ3n) is 6.41. The van der Waals surface area contributed by atoms with E-state index in [2.05, 4.69) is 58.3 Å². The summed E-state index contributed by atoms with van der Waals surface area (Å²) in [5, 5.41) is 8.82. The van der Waals surface area contributed by atoms with Gasteiger partial charge in [-0.1, -0.05) is 45.5 Å². The molecule has 0 bridgehead atoms.